The summed E-state index contributed by atoms with van der Waals surface area (Å²) in [5.74, 6) is 0.395. The first-order chi connectivity index (χ1) is 7.27. The first kappa shape index (κ1) is 10.1. The SMILES string of the molecule is O=C1CCCCC1Cc1cccc[n+]1[O-]. The number of nitrogens with zero attached hydrogens (tertiary/aromatic N) is 1. The minimum absolute atomic E-state index is 0.0707. The number of hydrogen-bond acceptors (Lipinski definition) is 2. The molecule has 1 fully saturated rings. The molecule has 0 spiro atoms. The Kier molecular flexibility index (Phi) is 2.99. The van der Waals surface area contributed by atoms with Crippen LogP contribution in [0.4, 0.5) is 0 Å². The Bertz CT molecular complexity index is 362. The van der Waals surface area contributed by atoms with Gasteiger partial charge in [0.15, 0.2) is 11.9 Å². The second kappa shape index (κ2) is 4.43. The summed E-state index contributed by atoms with van der Waals surface area (Å²) in [6, 6.07) is 5.35. The van der Waals surface area contributed by atoms with Gasteiger partial charge in [0, 0.05) is 30.9 Å². The molecule has 1 aromatic heterocycles. The molecule has 1 aliphatic rings. The molecule has 0 radical (unpaired) electrons. The molecule has 3 nitrogen and oxygen atoms in total. The van der Waals surface area contributed by atoms with Crippen molar-refractivity contribution < 1.29 is 9.52 Å². The van der Waals surface area contributed by atoms with Crippen LogP contribution in [0.2, 0.25) is 0 Å². The summed E-state index contributed by atoms with van der Waals surface area (Å²) in [6.07, 6.45) is 5.85. The van der Waals surface area contributed by atoms with E-state index in [4.69, 9.17) is 0 Å². The topological polar surface area (TPSA) is 44.0 Å². The average molecular weight is 205 g/mol. The van der Waals surface area contributed by atoms with Crippen LogP contribution >= 0.6 is 0 Å². The molecular formula is C12H15NO2. The Morgan fingerprint density at radius 2 is 2.27 bits per heavy atom. The molecule has 0 bridgehead atoms. The van der Waals surface area contributed by atoms with Crippen molar-refractivity contribution in [3.05, 3.63) is 35.3 Å². The van der Waals surface area contributed by atoms with Gasteiger partial charge >= 0.3 is 0 Å². The highest BCUT2D eigenvalue weighted by atomic mass is 16.5. The maximum atomic E-state index is 11.6. The number of rotatable bonds is 2. The Morgan fingerprint density at radius 1 is 1.40 bits per heavy atom. The molecule has 80 valence electrons. The molecule has 1 saturated carbocycles. The van der Waals surface area contributed by atoms with Crippen molar-refractivity contribution in [2.75, 3.05) is 0 Å². The Hall–Kier alpha value is -1.38. The third kappa shape index (κ3) is 2.35. The fourth-order valence-electron chi connectivity index (χ4n) is 2.15. The zero-order chi connectivity index (χ0) is 10.7. The molecule has 3 heteroatoms. The lowest BCUT2D eigenvalue weighted by Crippen LogP contribution is -2.34. The summed E-state index contributed by atoms with van der Waals surface area (Å²) in [6.45, 7) is 0. The van der Waals surface area contributed by atoms with Gasteiger partial charge in [-0.1, -0.05) is 12.5 Å². The molecule has 0 aromatic carbocycles. The fraction of sp³-hybridized carbons (Fsp3) is 0.500. The lowest BCUT2D eigenvalue weighted by Gasteiger charge is -2.19. The molecule has 1 aliphatic carbocycles. The molecule has 1 unspecified atom stereocenters. The maximum Gasteiger partial charge on any atom is 0.193 e. The normalized spacial score (nSPS) is 21.6. The third-order valence-electron chi connectivity index (χ3n) is 3.04. The Balaban J connectivity index is 2.08. The van der Waals surface area contributed by atoms with Crippen LogP contribution in [0.25, 0.3) is 0 Å². The molecular weight excluding hydrogens is 190 g/mol. The van der Waals surface area contributed by atoms with E-state index in [1.54, 1.807) is 12.1 Å². The molecule has 0 N–H and O–H groups in total. The van der Waals surface area contributed by atoms with Gasteiger partial charge in [-0.05, 0) is 12.8 Å². The number of Topliss-reactive ketones (excluding diaryl/α,β-unsaturated/α-hetero) is 1. The smallest absolute Gasteiger partial charge is 0.193 e. The van der Waals surface area contributed by atoms with Crippen molar-refractivity contribution in [1.29, 1.82) is 0 Å². The van der Waals surface area contributed by atoms with Crippen molar-refractivity contribution in [3.63, 3.8) is 0 Å². The van der Waals surface area contributed by atoms with Crippen molar-refractivity contribution >= 4 is 5.78 Å². The molecule has 1 aromatic rings. The van der Waals surface area contributed by atoms with Gasteiger partial charge < -0.3 is 5.21 Å². The zero-order valence-electron chi connectivity index (χ0n) is 8.69. The summed E-state index contributed by atoms with van der Waals surface area (Å²) in [5, 5.41) is 11.4. The second-order valence-corrected chi connectivity index (χ2v) is 4.13. The Labute approximate surface area is 89.3 Å². The van der Waals surface area contributed by atoms with Gasteiger partial charge in [-0.2, -0.15) is 4.73 Å². The predicted molar refractivity (Wildman–Crippen MR) is 56.1 cm³/mol. The van der Waals surface area contributed by atoms with Gasteiger partial charge in [-0.25, -0.2) is 0 Å². The van der Waals surface area contributed by atoms with Crippen LogP contribution in [0.15, 0.2) is 24.4 Å². The number of carbonyl (C=O) groups is 1. The first-order valence-electron chi connectivity index (χ1n) is 5.47. The summed E-state index contributed by atoms with van der Waals surface area (Å²) in [4.78, 5) is 11.6. The minimum Gasteiger partial charge on any atom is -0.619 e. The van der Waals surface area contributed by atoms with Crippen LogP contribution < -0.4 is 4.73 Å². The highest BCUT2D eigenvalue weighted by Gasteiger charge is 2.24. The highest BCUT2D eigenvalue weighted by molar-refractivity contribution is 5.81. The van der Waals surface area contributed by atoms with Crippen molar-refractivity contribution in [3.8, 4) is 0 Å². The number of carbonyl (C=O) groups excluding carboxylic acids is 1. The van der Waals surface area contributed by atoms with E-state index in [1.807, 2.05) is 6.07 Å². The summed E-state index contributed by atoms with van der Waals surface area (Å²) < 4.78 is 0.863. The van der Waals surface area contributed by atoms with E-state index in [-0.39, 0.29) is 5.92 Å². The lowest BCUT2D eigenvalue weighted by atomic mass is 9.85. The van der Waals surface area contributed by atoms with Crippen LogP contribution in [0.3, 0.4) is 0 Å². The first-order valence-corrected chi connectivity index (χ1v) is 5.47. The maximum absolute atomic E-state index is 11.6. The van der Waals surface area contributed by atoms with Crippen LogP contribution in [-0.4, -0.2) is 5.78 Å². The van der Waals surface area contributed by atoms with E-state index in [9.17, 15) is 10.0 Å². The van der Waals surface area contributed by atoms with Gasteiger partial charge in [-0.15, -0.1) is 0 Å². The predicted octanol–water partition coefficient (Wildman–Crippen LogP) is 1.62. The monoisotopic (exact) mass is 205 g/mol. The molecule has 1 atom stereocenters. The van der Waals surface area contributed by atoms with Crippen LogP contribution in [0.5, 0.6) is 0 Å². The number of ketones is 1. The van der Waals surface area contributed by atoms with Gasteiger partial charge in [0.2, 0.25) is 0 Å². The van der Waals surface area contributed by atoms with Gasteiger partial charge in [-0.3, -0.25) is 4.79 Å². The van der Waals surface area contributed by atoms with E-state index < -0.39 is 0 Å². The summed E-state index contributed by atoms with van der Waals surface area (Å²) >= 11 is 0. The highest BCUT2D eigenvalue weighted by Crippen LogP contribution is 2.23. The summed E-state index contributed by atoms with van der Waals surface area (Å²) in [7, 11) is 0. The van der Waals surface area contributed by atoms with Gasteiger partial charge in [0.25, 0.3) is 0 Å². The van der Waals surface area contributed by atoms with Crippen LogP contribution in [0.1, 0.15) is 31.4 Å². The average Bonchev–Trinajstić information content (AvgIpc) is 2.24. The molecule has 0 aliphatic heterocycles. The van der Waals surface area contributed by atoms with E-state index >= 15 is 0 Å². The van der Waals surface area contributed by atoms with Crippen LogP contribution in [-0.2, 0) is 11.2 Å². The number of aromatic nitrogens is 1. The Morgan fingerprint density at radius 3 is 3.00 bits per heavy atom. The fourth-order valence-corrected chi connectivity index (χ4v) is 2.15. The molecule has 0 saturated heterocycles. The van der Waals surface area contributed by atoms with E-state index in [2.05, 4.69) is 0 Å². The van der Waals surface area contributed by atoms with E-state index in [1.165, 1.54) is 6.20 Å². The molecule has 0 amide bonds. The minimum atomic E-state index is 0.0707. The van der Waals surface area contributed by atoms with Crippen LogP contribution in [0, 0.1) is 11.1 Å². The van der Waals surface area contributed by atoms with Crippen molar-refractivity contribution in [1.82, 2.24) is 0 Å². The second-order valence-electron chi connectivity index (χ2n) is 4.13. The number of pyridine rings is 1. The zero-order valence-corrected chi connectivity index (χ0v) is 8.69. The largest absolute Gasteiger partial charge is 0.619 e. The van der Waals surface area contributed by atoms with Gasteiger partial charge in [0.05, 0.1) is 0 Å². The van der Waals surface area contributed by atoms with Crippen molar-refractivity contribution in [2.24, 2.45) is 5.92 Å². The lowest BCUT2D eigenvalue weighted by molar-refractivity contribution is -0.614. The summed E-state index contributed by atoms with van der Waals surface area (Å²) in [5.41, 5.74) is 0.706. The van der Waals surface area contributed by atoms with Crippen molar-refractivity contribution in [2.45, 2.75) is 32.1 Å². The molecule has 2 rings (SSSR count). The van der Waals surface area contributed by atoms with E-state index in [0.717, 1.165) is 24.0 Å². The quantitative estimate of drug-likeness (QED) is 0.544. The number of hydrogen-bond donors (Lipinski definition) is 0. The molecule has 15 heavy (non-hydrogen) atoms. The van der Waals surface area contributed by atoms with E-state index in [0.29, 0.717) is 24.3 Å². The molecule has 1 heterocycles. The third-order valence-corrected chi connectivity index (χ3v) is 3.04. The standard InChI is InChI=1S/C12H15NO2/c14-12-7-2-1-5-10(12)9-11-6-3-4-8-13(11)15/h3-4,6,8,10H,1-2,5,7,9H2. The van der Waals surface area contributed by atoms with Gasteiger partial charge in [0.1, 0.15) is 5.78 Å².